The van der Waals surface area contributed by atoms with Crippen molar-refractivity contribution in [3.63, 3.8) is 0 Å². The third-order valence-electron chi connectivity index (χ3n) is 7.26. The van der Waals surface area contributed by atoms with Crippen molar-refractivity contribution >= 4 is 0 Å². The molecule has 9 heteroatoms. The van der Waals surface area contributed by atoms with E-state index in [-0.39, 0.29) is 11.3 Å². The van der Waals surface area contributed by atoms with Gasteiger partial charge in [-0.25, -0.2) is 4.68 Å². The highest BCUT2D eigenvalue weighted by Crippen LogP contribution is 2.67. The van der Waals surface area contributed by atoms with Gasteiger partial charge < -0.3 is 0 Å². The van der Waals surface area contributed by atoms with Crippen LogP contribution in [0.1, 0.15) is 61.9 Å². The van der Waals surface area contributed by atoms with Crippen LogP contribution in [-0.4, -0.2) is 9.36 Å². The fraction of sp³-hybridized carbons (Fsp3) is 0.550. The third-order valence-corrected chi connectivity index (χ3v) is 7.26. The molecule has 1 saturated carbocycles. The van der Waals surface area contributed by atoms with Gasteiger partial charge in [0.2, 0.25) is 0 Å². The Labute approximate surface area is 162 Å². The average Bonchev–Trinajstić information content (AvgIpc) is 3.04. The molecule has 2 aliphatic carbocycles. The maximum absolute atomic E-state index is 13.6. The summed E-state index contributed by atoms with van der Waals surface area (Å²) in [6.45, 7) is 6.03. The Bertz CT molecular complexity index is 1070. The van der Waals surface area contributed by atoms with Crippen molar-refractivity contribution in [3.05, 3.63) is 50.9 Å². The molecule has 2 aliphatic rings. The van der Waals surface area contributed by atoms with Gasteiger partial charge in [0.1, 0.15) is 0 Å². The third kappa shape index (κ3) is 2.42. The molecule has 4 rings (SSSR count). The predicted octanol–water partition coefficient (Wildman–Crippen LogP) is 5.39. The summed E-state index contributed by atoms with van der Waals surface area (Å²) >= 11 is 0. The maximum Gasteiger partial charge on any atom is 0.418 e. The van der Waals surface area contributed by atoms with Gasteiger partial charge in [0.15, 0.2) is 0 Å². The van der Waals surface area contributed by atoms with E-state index in [1.54, 1.807) is 0 Å². The number of aromatic nitrogens is 2. The zero-order chi connectivity index (χ0) is 21.7. The second-order valence-electron chi connectivity index (χ2n) is 8.78. The van der Waals surface area contributed by atoms with Crippen LogP contribution >= 0.6 is 0 Å². The number of halogens is 6. The number of benzene rings is 1. The fourth-order valence-corrected chi connectivity index (χ4v) is 5.42. The van der Waals surface area contributed by atoms with Crippen LogP contribution in [-0.2, 0) is 24.8 Å². The Morgan fingerprint density at radius 1 is 1.03 bits per heavy atom. The SMILES string of the molecule is Cn1c2c(c(=O)n1-c1cc(C(F)(F)F)ccc1C(F)(F)F)[C@H]1CC[C@]2(C)C1(C)C. The first-order chi connectivity index (χ1) is 13.1. The zero-order valence-corrected chi connectivity index (χ0v) is 16.3. The molecule has 1 aromatic heterocycles. The number of hydrogen-bond acceptors (Lipinski definition) is 1. The summed E-state index contributed by atoms with van der Waals surface area (Å²) in [5, 5.41) is 0. The molecule has 0 aliphatic heterocycles. The largest absolute Gasteiger partial charge is 0.418 e. The van der Waals surface area contributed by atoms with Crippen molar-refractivity contribution in [2.45, 2.75) is 57.3 Å². The van der Waals surface area contributed by atoms with Gasteiger partial charge >= 0.3 is 12.4 Å². The van der Waals surface area contributed by atoms with Crippen LogP contribution in [0.15, 0.2) is 23.0 Å². The molecule has 0 unspecified atom stereocenters. The molecule has 158 valence electrons. The van der Waals surface area contributed by atoms with E-state index < -0.39 is 40.1 Å². The second kappa shape index (κ2) is 5.49. The smallest absolute Gasteiger partial charge is 0.284 e. The van der Waals surface area contributed by atoms with Crippen LogP contribution < -0.4 is 5.56 Å². The molecule has 2 atom stereocenters. The summed E-state index contributed by atoms with van der Waals surface area (Å²) in [4.78, 5) is 13.2. The molecular weight excluding hydrogens is 398 g/mol. The van der Waals surface area contributed by atoms with Crippen molar-refractivity contribution in [1.29, 1.82) is 0 Å². The molecule has 2 bridgehead atoms. The average molecular weight is 418 g/mol. The van der Waals surface area contributed by atoms with Gasteiger partial charge in [0, 0.05) is 18.0 Å². The normalized spacial score (nSPS) is 25.5. The number of alkyl halides is 6. The number of hydrogen-bond donors (Lipinski definition) is 0. The van der Waals surface area contributed by atoms with Crippen LogP contribution in [0.2, 0.25) is 0 Å². The lowest BCUT2D eigenvalue weighted by Gasteiger charge is -2.36. The van der Waals surface area contributed by atoms with Crippen molar-refractivity contribution in [3.8, 4) is 5.69 Å². The Morgan fingerprint density at radius 3 is 2.17 bits per heavy atom. The topological polar surface area (TPSA) is 26.9 Å². The zero-order valence-electron chi connectivity index (χ0n) is 16.3. The Hall–Kier alpha value is -2.19. The minimum Gasteiger partial charge on any atom is -0.284 e. The standard InChI is InChI=1S/C20H20F6N2O/c1-17(2)12-7-8-18(17,3)15-14(12)16(29)28(27(15)4)13-9-10(19(21,22)23)5-6-11(13)20(24,25)26/h5-6,9,12H,7-8H2,1-4H3/t12-,18+/m1/s1. The van der Waals surface area contributed by atoms with E-state index in [2.05, 4.69) is 0 Å². The Morgan fingerprint density at radius 2 is 1.66 bits per heavy atom. The summed E-state index contributed by atoms with van der Waals surface area (Å²) in [6.07, 6.45) is -8.24. The molecule has 0 radical (unpaired) electrons. The van der Waals surface area contributed by atoms with Crippen LogP contribution in [0, 0.1) is 5.41 Å². The van der Waals surface area contributed by atoms with Crippen molar-refractivity contribution in [2.24, 2.45) is 12.5 Å². The first-order valence-electron chi connectivity index (χ1n) is 9.23. The first kappa shape index (κ1) is 20.1. The van der Waals surface area contributed by atoms with Crippen molar-refractivity contribution in [1.82, 2.24) is 9.36 Å². The molecule has 2 aromatic rings. The maximum atomic E-state index is 13.6. The lowest BCUT2D eigenvalue weighted by atomic mass is 9.70. The summed E-state index contributed by atoms with van der Waals surface area (Å²) in [5.41, 5.74) is -3.62. The van der Waals surface area contributed by atoms with Gasteiger partial charge in [-0.1, -0.05) is 20.8 Å². The van der Waals surface area contributed by atoms with Crippen molar-refractivity contribution in [2.75, 3.05) is 0 Å². The van der Waals surface area contributed by atoms with Gasteiger partial charge in [-0.2, -0.15) is 26.3 Å². The molecule has 0 N–H and O–H groups in total. The number of rotatable bonds is 1. The van der Waals surface area contributed by atoms with Gasteiger partial charge in [-0.3, -0.25) is 9.48 Å². The van der Waals surface area contributed by atoms with Gasteiger partial charge in [0.25, 0.3) is 5.56 Å². The van der Waals surface area contributed by atoms with Crippen LogP contribution in [0.25, 0.3) is 5.69 Å². The molecule has 1 fully saturated rings. The van der Waals surface area contributed by atoms with E-state index in [0.29, 0.717) is 29.5 Å². The van der Waals surface area contributed by atoms with Gasteiger partial charge in [0.05, 0.1) is 22.5 Å². The molecule has 0 saturated heterocycles. The highest BCUT2D eigenvalue weighted by atomic mass is 19.4. The molecule has 29 heavy (non-hydrogen) atoms. The molecular formula is C20H20F6N2O. The van der Waals surface area contributed by atoms with E-state index in [1.165, 1.54) is 11.7 Å². The minimum atomic E-state index is -4.91. The highest BCUT2D eigenvalue weighted by Gasteiger charge is 2.62. The lowest BCUT2D eigenvalue weighted by molar-refractivity contribution is -0.141. The fourth-order valence-electron chi connectivity index (χ4n) is 5.42. The van der Waals surface area contributed by atoms with Crippen LogP contribution in [0.3, 0.4) is 0 Å². The number of fused-ring (bicyclic) bond motifs is 5. The first-order valence-corrected chi connectivity index (χ1v) is 9.23. The molecule has 3 nitrogen and oxygen atoms in total. The molecule has 0 amide bonds. The van der Waals surface area contributed by atoms with E-state index in [0.717, 1.165) is 17.5 Å². The molecule has 1 aromatic carbocycles. The monoisotopic (exact) mass is 418 g/mol. The highest BCUT2D eigenvalue weighted by molar-refractivity contribution is 5.51. The molecule has 1 heterocycles. The quantitative estimate of drug-likeness (QED) is 0.571. The van der Waals surface area contributed by atoms with E-state index in [9.17, 15) is 31.1 Å². The second-order valence-corrected chi connectivity index (χ2v) is 8.78. The Balaban J connectivity index is 2.05. The van der Waals surface area contributed by atoms with E-state index >= 15 is 0 Å². The molecule has 0 spiro atoms. The van der Waals surface area contributed by atoms with Gasteiger partial charge in [-0.05, 0) is 42.4 Å². The summed E-state index contributed by atoms with van der Waals surface area (Å²) in [6, 6.07) is 1.19. The summed E-state index contributed by atoms with van der Waals surface area (Å²) < 4.78 is 82.4. The summed E-state index contributed by atoms with van der Waals surface area (Å²) in [5.74, 6) is -0.136. The predicted molar refractivity (Wildman–Crippen MR) is 94.1 cm³/mol. The van der Waals surface area contributed by atoms with Crippen LogP contribution in [0.4, 0.5) is 26.3 Å². The lowest BCUT2D eigenvalue weighted by Crippen LogP contribution is -2.35. The number of nitrogens with zero attached hydrogens (tertiary/aromatic N) is 2. The van der Waals surface area contributed by atoms with Crippen molar-refractivity contribution < 1.29 is 26.3 Å². The van der Waals surface area contributed by atoms with E-state index in [4.69, 9.17) is 0 Å². The Kier molecular flexibility index (Phi) is 3.80. The minimum absolute atomic E-state index is 0.136. The van der Waals surface area contributed by atoms with E-state index in [1.807, 2.05) is 20.8 Å². The van der Waals surface area contributed by atoms with Crippen LogP contribution in [0.5, 0.6) is 0 Å². The summed E-state index contributed by atoms with van der Waals surface area (Å²) in [7, 11) is 1.45. The van der Waals surface area contributed by atoms with Gasteiger partial charge in [-0.15, -0.1) is 0 Å².